The van der Waals surface area contributed by atoms with Gasteiger partial charge in [-0.05, 0) is 41.8 Å². The molecule has 0 aliphatic carbocycles. The van der Waals surface area contributed by atoms with Crippen LogP contribution in [0.1, 0.15) is 96.0 Å². The molecular weight excluding hydrogens is 298 g/mol. The molecule has 0 saturated heterocycles. The number of phenolic OH excluding ortho intramolecular Hbond substituents is 1. The molecule has 0 heterocycles. The van der Waals surface area contributed by atoms with Gasteiger partial charge in [0, 0.05) is 0 Å². The zero-order valence-corrected chi connectivity index (χ0v) is 15.4. The minimum Gasteiger partial charge on any atom is -0.508 e. The molecule has 136 valence electrons. The Hall–Kier alpha value is -1.38. The highest BCUT2D eigenvalue weighted by molar-refractivity contribution is 5.49. The molecule has 0 spiro atoms. The van der Waals surface area contributed by atoms with E-state index in [1.807, 2.05) is 0 Å². The standard InChI is InChI=1S/C21H35NO2/c1-2-3-4-5-6-7-8-9-10-11-12-13-14-15-19-18-20(23)16-17-21(19)22-24/h16-18,23H,2-15H2,1H3. The van der Waals surface area contributed by atoms with E-state index in [0.29, 0.717) is 5.69 Å². The summed E-state index contributed by atoms with van der Waals surface area (Å²) in [6.07, 6.45) is 18.1. The molecule has 0 saturated carbocycles. The molecule has 0 fully saturated rings. The van der Waals surface area contributed by atoms with E-state index in [1.165, 1.54) is 83.1 Å². The number of nitrogens with zero attached hydrogens (tertiary/aromatic N) is 1. The molecule has 0 atom stereocenters. The Morgan fingerprint density at radius 2 is 1.29 bits per heavy atom. The monoisotopic (exact) mass is 333 g/mol. The average molecular weight is 334 g/mol. The Balaban J connectivity index is 1.94. The van der Waals surface area contributed by atoms with Crippen LogP contribution in [0.15, 0.2) is 23.4 Å². The maximum Gasteiger partial charge on any atom is 0.116 e. The summed E-state index contributed by atoms with van der Waals surface area (Å²) in [6, 6.07) is 4.78. The Labute approximate surface area is 147 Å². The summed E-state index contributed by atoms with van der Waals surface area (Å²) in [5, 5.41) is 12.5. The molecule has 0 aliphatic rings. The average Bonchev–Trinajstić information content (AvgIpc) is 2.59. The highest BCUT2D eigenvalue weighted by atomic mass is 16.3. The zero-order chi connectivity index (χ0) is 17.5. The number of hydrogen-bond donors (Lipinski definition) is 1. The van der Waals surface area contributed by atoms with Gasteiger partial charge >= 0.3 is 0 Å². The van der Waals surface area contributed by atoms with Crippen molar-refractivity contribution >= 4 is 5.69 Å². The van der Waals surface area contributed by atoms with E-state index in [4.69, 9.17) is 0 Å². The first-order valence-corrected chi connectivity index (χ1v) is 9.93. The number of phenols is 1. The SMILES string of the molecule is CCCCCCCCCCCCCCCc1cc(O)ccc1N=O. The number of aryl methyl sites for hydroxylation is 1. The van der Waals surface area contributed by atoms with Gasteiger partial charge in [-0.25, -0.2) is 0 Å². The van der Waals surface area contributed by atoms with Crippen molar-refractivity contribution in [2.75, 3.05) is 0 Å². The lowest BCUT2D eigenvalue weighted by Gasteiger charge is -2.05. The third kappa shape index (κ3) is 9.69. The fraction of sp³-hybridized carbons (Fsp3) is 0.714. The van der Waals surface area contributed by atoms with Crippen LogP contribution < -0.4 is 0 Å². The van der Waals surface area contributed by atoms with Crippen molar-refractivity contribution in [3.8, 4) is 5.75 Å². The maximum absolute atomic E-state index is 10.7. The van der Waals surface area contributed by atoms with Crippen molar-refractivity contribution in [1.82, 2.24) is 0 Å². The molecule has 3 heteroatoms. The van der Waals surface area contributed by atoms with Gasteiger partial charge in [0.2, 0.25) is 0 Å². The van der Waals surface area contributed by atoms with E-state index in [0.717, 1.165) is 18.4 Å². The first-order chi connectivity index (χ1) is 11.8. The zero-order valence-electron chi connectivity index (χ0n) is 15.4. The largest absolute Gasteiger partial charge is 0.508 e. The summed E-state index contributed by atoms with van der Waals surface area (Å²) in [5.74, 6) is 0.215. The van der Waals surface area contributed by atoms with Crippen LogP contribution in [0.4, 0.5) is 5.69 Å². The van der Waals surface area contributed by atoms with Crippen molar-refractivity contribution in [1.29, 1.82) is 0 Å². The van der Waals surface area contributed by atoms with E-state index in [-0.39, 0.29) is 5.75 Å². The number of aromatic hydroxyl groups is 1. The van der Waals surface area contributed by atoms with Crippen LogP contribution >= 0.6 is 0 Å². The summed E-state index contributed by atoms with van der Waals surface area (Å²) in [6.45, 7) is 2.27. The second-order valence-electron chi connectivity index (χ2n) is 6.90. The summed E-state index contributed by atoms with van der Waals surface area (Å²) in [5.41, 5.74) is 1.33. The Morgan fingerprint density at radius 1 is 0.792 bits per heavy atom. The molecule has 0 radical (unpaired) electrons. The number of unbranched alkanes of at least 4 members (excludes halogenated alkanes) is 12. The number of benzene rings is 1. The van der Waals surface area contributed by atoms with Crippen molar-refractivity contribution in [2.45, 2.75) is 96.8 Å². The molecule has 3 nitrogen and oxygen atoms in total. The van der Waals surface area contributed by atoms with E-state index >= 15 is 0 Å². The highest BCUT2D eigenvalue weighted by Gasteiger charge is 2.04. The molecule has 0 aromatic heterocycles. The predicted octanol–water partition coefficient (Wildman–Crippen LogP) is 7.42. The highest BCUT2D eigenvalue weighted by Crippen LogP contribution is 2.25. The summed E-state index contributed by atoms with van der Waals surface area (Å²) < 4.78 is 0. The normalized spacial score (nSPS) is 10.9. The van der Waals surface area contributed by atoms with E-state index in [1.54, 1.807) is 12.1 Å². The molecule has 0 bridgehead atoms. The van der Waals surface area contributed by atoms with Crippen LogP contribution in [0.2, 0.25) is 0 Å². The van der Waals surface area contributed by atoms with Gasteiger partial charge in [0.15, 0.2) is 0 Å². The fourth-order valence-corrected chi connectivity index (χ4v) is 3.19. The maximum atomic E-state index is 10.7. The minimum atomic E-state index is 0.215. The summed E-state index contributed by atoms with van der Waals surface area (Å²) in [7, 11) is 0. The molecule has 0 aliphatic heterocycles. The lowest BCUT2D eigenvalue weighted by atomic mass is 10.0. The van der Waals surface area contributed by atoms with Gasteiger partial charge in [-0.1, -0.05) is 84.0 Å². The first-order valence-electron chi connectivity index (χ1n) is 9.93. The molecule has 24 heavy (non-hydrogen) atoms. The Bertz CT molecular complexity index is 445. The predicted molar refractivity (Wildman–Crippen MR) is 103 cm³/mol. The van der Waals surface area contributed by atoms with Gasteiger partial charge in [0.1, 0.15) is 11.4 Å². The minimum absolute atomic E-state index is 0.215. The summed E-state index contributed by atoms with van der Waals surface area (Å²) >= 11 is 0. The van der Waals surface area contributed by atoms with Crippen LogP contribution in [0, 0.1) is 4.91 Å². The molecule has 1 N–H and O–H groups in total. The van der Waals surface area contributed by atoms with E-state index in [2.05, 4.69) is 12.1 Å². The quantitative estimate of drug-likeness (QED) is 0.268. The molecule has 0 amide bonds. The second-order valence-corrected chi connectivity index (χ2v) is 6.90. The Kier molecular flexibility index (Phi) is 12.1. The van der Waals surface area contributed by atoms with Gasteiger partial charge in [-0.15, -0.1) is 4.91 Å². The van der Waals surface area contributed by atoms with E-state index in [9.17, 15) is 10.0 Å². The van der Waals surface area contributed by atoms with Gasteiger partial charge < -0.3 is 5.11 Å². The van der Waals surface area contributed by atoms with Gasteiger partial charge in [0.05, 0.1) is 0 Å². The van der Waals surface area contributed by atoms with Gasteiger partial charge in [-0.3, -0.25) is 0 Å². The molecule has 0 unspecified atom stereocenters. The smallest absolute Gasteiger partial charge is 0.116 e. The van der Waals surface area contributed by atoms with Crippen molar-refractivity contribution in [3.05, 3.63) is 28.7 Å². The second kappa shape index (κ2) is 14.0. The number of nitroso groups, excluding NO2 is 1. The van der Waals surface area contributed by atoms with E-state index < -0.39 is 0 Å². The Morgan fingerprint density at radius 3 is 1.79 bits per heavy atom. The van der Waals surface area contributed by atoms with Crippen molar-refractivity contribution in [2.24, 2.45) is 5.18 Å². The lowest BCUT2D eigenvalue weighted by Crippen LogP contribution is -1.88. The van der Waals surface area contributed by atoms with Crippen molar-refractivity contribution < 1.29 is 5.11 Å². The third-order valence-electron chi connectivity index (χ3n) is 4.71. The topological polar surface area (TPSA) is 49.7 Å². The lowest BCUT2D eigenvalue weighted by molar-refractivity contribution is 0.474. The molecule has 1 aromatic carbocycles. The van der Waals surface area contributed by atoms with Crippen LogP contribution in [-0.2, 0) is 6.42 Å². The van der Waals surface area contributed by atoms with Gasteiger partial charge in [-0.2, -0.15) is 0 Å². The third-order valence-corrected chi connectivity index (χ3v) is 4.71. The molecule has 1 aromatic rings. The van der Waals surface area contributed by atoms with Crippen molar-refractivity contribution in [3.63, 3.8) is 0 Å². The fourth-order valence-electron chi connectivity index (χ4n) is 3.19. The first kappa shape index (κ1) is 20.7. The van der Waals surface area contributed by atoms with Crippen LogP contribution in [0.3, 0.4) is 0 Å². The number of hydrogen-bond acceptors (Lipinski definition) is 3. The van der Waals surface area contributed by atoms with Crippen LogP contribution in [0.5, 0.6) is 5.75 Å². The van der Waals surface area contributed by atoms with Crippen LogP contribution in [0.25, 0.3) is 0 Å². The van der Waals surface area contributed by atoms with Gasteiger partial charge in [0.25, 0.3) is 0 Å². The molecular formula is C21H35NO2. The summed E-state index contributed by atoms with van der Waals surface area (Å²) in [4.78, 5) is 10.7. The number of rotatable bonds is 15. The molecule has 1 rings (SSSR count). The van der Waals surface area contributed by atoms with Crippen LogP contribution in [-0.4, -0.2) is 5.11 Å².